The smallest absolute Gasteiger partial charge is 0.183 e. The molecule has 1 aliphatic heterocycles. The van der Waals surface area contributed by atoms with Gasteiger partial charge in [-0.2, -0.15) is 4.98 Å². The summed E-state index contributed by atoms with van der Waals surface area (Å²) in [7, 11) is 0. The largest absolute Gasteiger partial charge is 0.445 e. The number of aromatic nitrogens is 1. The van der Waals surface area contributed by atoms with E-state index in [-0.39, 0.29) is 11.2 Å². The fourth-order valence-corrected chi connectivity index (χ4v) is 4.00. The SMILES string of the molecule is CC1(C)CC(=O)C2=C(C1)Nc1ncoc1C2(C)c1ccccc1. The summed E-state index contributed by atoms with van der Waals surface area (Å²) in [5, 5.41) is 3.34. The molecule has 2 aliphatic rings. The second-order valence-electron chi connectivity index (χ2n) is 7.44. The van der Waals surface area contributed by atoms with Gasteiger partial charge in [-0.1, -0.05) is 44.2 Å². The van der Waals surface area contributed by atoms with Crippen molar-refractivity contribution in [2.45, 2.75) is 39.0 Å². The zero-order valence-electron chi connectivity index (χ0n) is 13.6. The first-order valence-electron chi connectivity index (χ1n) is 7.95. The van der Waals surface area contributed by atoms with Crippen molar-refractivity contribution >= 4 is 11.6 Å². The molecule has 23 heavy (non-hydrogen) atoms. The van der Waals surface area contributed by atoms with E-state index in [0.29, 0.717) is 6.42 Å². The van der Waals surface area contributed by atoms with Crippen LogP contribution in [0.15, 0.2) is 52.4 Å². The highest BCUT2D eigenvalue weighted by Crippen LogP contribution is 2.51. The molecule has 1 aromatic carbocycles. The molecule has 1 unspecified atom stereocenters. The molecule has 0 fully saturated rings. The van der Waals surface area contributed by atoms with Crippen LogP contribution in [0, 0.1) is 5.41 Å². The lowest BCUT2D eigenvalue weighted by Gasteiger charge is -2.42. The maximum Gasteiger partial charge on any atom is 0.183 e. The number of nitrogens with one attached hydrogen (secondary N) is 1. The summed E-state index contributed by atoms with van der Waals surface area (Å²) in [6.07, 6.45) is 2.84. The lowest BCUT2D eigenvalue weighted by molar-refractivity contribution is -0.118. The predicted octanol–water partition coefficient (Wildman–Crippen LogP) is 4.05. The Hall–Kier alpha value is -2.36. The van der Waals surface area contributed by atoms with Gasteiger partial charge in [-0.3, -0.25) is 4.79 Å². The standard InChI is InChI=1S/C19H20N2O2/c1-18(2)9-13-15(14(22)10-18)19(3,12-7-5-4-6-8-12)16-17(21-13)20-11-23-16/h4-8,11,21H,9-10H2,1-3H3. The van der Waals surface area contributed by atoms with Crippen LogP contribution in [-0.2, 0) is 10.2 Å². The molecule has 2 heterocycles. The number of Topliss-reactive ketones (excluding diaryl/α,β-unsaturated/α-hetero) is 1. The van der Waals surface area contributed by atoms with E-state index in [0.717, 1.165) is 34.8 Å². The zero-order valence-corrected chi connectivity index (χ0v) is 13.6. The molecular formula is C19H20N2O2. The Morgan fingerprint density at radius 3 is 2.61 bits per heavy atom. The highest BCUT2D eigenvalue weighted by atomic mass is 16.3. The van der Waals surface area contributed by atoms with Gasteiger partial charge in [0.25, 0.3) is 0 Å². The summed E-state index contributed by atoms with van der Waals surface area (Å²) >= 11 is 0. The van der Waals surface area contributed by atoms with Gasteiger partial charge in [0, 0.05) is 17.7 Å². The van der Waals surface area contributed by atoms with Crippen molar-refractivity contribution in [2.24, 2.45) is 5.41 Å². The van der Waals surface area contributed by atoms with E-state index in [9.17, 15) is 4.79 Å². The highest BCUT2D eigenvalue weighted by Gasteiger charge is 2.49. The molecule has 2 aromatic rings. The Kier molecular flexibility index (Phi) is 2.83. The Balaban J connectivity index is 1.99. The molecule has 4 nitrogen and oxygen atoms in total. The fourth-order valence-electron chi connectivity index (χ4n) is 4.00. The molecule has 1 N–H and O–H groups in total. The van der Waals surface area contributed by atoms with Crippen molar-refractivity contribution in [3.05, 3.63) is 59.3 Å². The van der Waals surface area contributed by atoms with Gasteiger partial charge in [0.15, 0.2) is 23.8 Å². The molecular weight excluding hydrogens is 288 g/mol. The number of allylic oxidation sites excluding steroid dienone is 2. The zero-order chi connectivity index (χ0) is 16.2. The van der Waals surface area contributed by atoms with E-state index in [1.165, 1.54) is 6.39 Å². The van der Waals surface area contributed by atoms with E-state index >= 15 is 0 Å². The number of nitrogens with zero attached hydrogens (tertiary/aromatic N) is 1. The van der Waals surface area contributed by atoms with Gasteiger partial charge >= 0.3 is 0 Å². The molecule has 0 amide bonds. The summed E-state index contributed by atoms with van der Waals surface area (Å²) in [6, 6.07) is 10.1. The topological polar surface area (TPSA) is 55.1 Å². The number of carbonyl (C=O) groups excluding carboxylic acids is 1. The Bertz CT molecular complexity index is 817. The first-order valence-corrected chi connectivity index (χ1v) is 7.95. The second kappa shape index (κ2) is 4.57. The highest BCUT2D eigenvalue weighted by molar-refractivity contribution is 6.02. The van der Waals surface area contributed by atoms with Crippen LogP contribution >= 0.6 is 0 Å². The molecule has 0 saturated carbocycles. The predicted molar refractivity (Wildman–Crippen MR) is 88.1 cm³/mol. The summed E-state index contributed by atoms with van der Waals surface area (Å²) in [6.45, 7) is 6.34. The van der Waals surface area contributed by atoms with Crippen LogP contribution in [0.25, 0.3) is 0 Å². The van der Waals surface area contributed by atoms with Gasteiger partial charge in [0.05, 0.1) is 5.41 Å². The fraction of sp³-hybridized carbons (Fsp3) is 0.368. The van der Waals surface area contributed by atoms with E-state index in [2.05, 4.69) is 43.2 Å². The number of benzene rings is 1. The maximum absolute atomic E-state index is 13.0. The average molecular weight is 308 g/mol. The molecule has 0 radical (unpaired) electrons. The molecule has 0 spiro atoms. The summed E-state index contributed by atoms with van der Waals surface area (Å²) in [5.74, 6) is 1.63. The third kappa shape index (κ3) is 1.97. The van der Waals surface area contributed by atoms with Crippen molar-refractivity contribution in [2.75, 3.05) is 5.32 Å². The van der Waals surface area contributed by atoms with Crippen LogP contribution in [0.4, 0.5) is 5.82 Å². The maximum atomic E-state index is 13.0. The minimum atomic E-state index is -0.596. The van der Waals surface area contributed by atoms with Gasteiger partial charge in [-0.15, -0.1) is 0 Å². The number of hydrogen-bond donors (Lipinski definition) is 1. The molecule has 118 valence electrons. The number of fused-ring (bicyclic) bond motifs is 1. The number of carbonyl (C=O) groups is 1. The minimum absolute atomic E-state index is 0.0399. The lowest BCUT2D eigenvalue weighted by atomic mass is 9.63. The minimum Gasteiger partial charge on any atom is -0.445 e. The third-order valence-corrected chi connectivity index (χ3v) is 5.02. The van der Waals surface area contributed by atoms with Gasteiger partial charge < -0.3 is 9.73 Å². The molecule has 4 rings (SSSR count). The van der Waals surface area contributed by atoms with Crippen LogP contribution in [0.2, 0.25) is 0 Å². The van der Waals surface area contributed by atoms with Crippen LogP contribution in [0.3, 0.4) is 0 Å². The van der Waals surface area contributed by atoms with Crippen molar-refractivity contribution in [3.8, 4) is 0 Å². The average Bonchev–Trinajstić information content (AvgIpc) is 2.95. The molecule has 0 saturated heterocycles. The summed E-state index contributed by atoms with van der Waals surface area (Å²) in [4.78, 5) is 17.3. The van der Waals surface area contributed by atoms with Crippen molar-refractivity contribution < 1.29 is 9.21 Å². The van der Waals surface area contributed by atoms with Crippen molar-refractivity contribution in [1.82, 2.24) is 4.98 Å². The quantitative estimate of drug-likeness (QED) is 0.863. The number of oxazole rings is 1. The lowest BCUT2D eigenvalue weighted by Crippen LogP contribution is -2.41. The van der Waals surface area contributed by atoms with Gasteiger partial charge in [0.1, 0.15) is 0 Å². The Morgan fingerprint density at radius 2 is 1.87 bits per heavy atom. The molecule has 1 aromatic heterocycles. The first-order chi connectivity index (χ1) is 10.9. The van der Waals surface area contributed by atoms with Gasteiger partial charge in [0.2, 0.25) is 0 Å². The number of ketones is 1. The van der Waals surface area contributed by atoms with E-state index in [1.54, 1.807) is 0 Å². The number of hydrogen-bond acceptors (Lipinski definition) is 4. The Labute approximate surface area is 135 Å². The molecule has 1 atom stereocenters. The van der Waals surface area contributed by atoms with E-state index in [4.69, 9.17) is 4.42 Å². The first kappa shape index (κ1) is 14.2. The van der Waals surface area contributed by atoms with Gasteiger partial charge in [-0.25, -0.2) is 0 Å². The van der Waals surface area contributed by atoms with E-state index < -0.39 is 5.41 Å². The second-order valence-corrected chi connectivity index (χ2v) is 7.44. The monoisotopic (exact) mass is 308 g/mol. The summed E-state index contributed by atoms with van der Waals surface area (Å²) < 4.78 is 5.72. The van der Waals surface area contributed by atoms with Crippen LogP contribution < -0.4 is 5.32 Å². The Morgan fingerprint density at radius 1 is 1.13 bits per heavy atom. The van der Waals surface area contributed by atoms with Crippen LogP contribution in [-0.4, -0.2) is 10.8 Å². The molecule has 4 heteroatoms. The van der Waals surface area contributed by atoms with Crippen molar-refractivity contribution in [3.63, 3.8) is 0 Å². The number of rotatable bonds is 1. The molecule has 0 bridgehead atoms. The van der Waals surface area contributed by atoms with Crippen molar-refractivity contribution in [1.29, 1.82) is 0 Å². The number of anilines is 1. The van der Waals surface area contributed by atoms with Crippen LogP contribution in [0.5, 0.6) is 0 Å². The summed E-state index contributed by atoms with van der Waals surface area (Å²) in [5.41, 5.74) is 2.23. The van der Waals surface area contributed by atoms with Gasteiger partial charge in [-0.05, 0) is 24.3 Å². The van der Waals surface area contributed by atoms with E-state index in [1.807, 2.05) is 18.2 Å². The normalized spacial score (nSPS) is 25.6. The molecule has 1 aliphatic carbocycles. The third-order valence-electron chi connectivity index (χ3n) is 5.02. The van der Waals surface area contributed by atoms with Crippen LogP contribution in [0.1, 0.15) is 44.9 Å².